The minimum Gasteiger partial charge on any atom is -0.495 e. The van der Waals surface area contributed by atoms with Crippen LogP contribution < -0.4 is 10.3 Å². The Morgan fingerprint density at radius 3 is 2.58 bits per heavy atom. The van der Waals surface area contributed by atoms with Crippen LogP contribution in [-0.4, -0.2) is 16.5 Å². The van der Waals surface area contributed by atoms with Crippen molar-refractivity contribution in [2.45, 2.75) is 13.1 Å². The lowest BCUT2D eigenvalue weighted by Crippen LogP contribution is -2.24. The molecule has 0 radical (unpaired) electrons. The molecule has 2 rings (SSSR count). The number of pyridine rings is 1. The van der Waals surface area contributed by atoms with Crippen molar-refractivity contribution in [3.05, 3.63) is 38.9 Å². The molecule has 0 N–H and O–H groups in total. The van der Waals surface area contributed by atoms with Crippen LogP contribution in [0, 0.1) is 6.92 Å². The van der Waals surface area contributed by atoms with E-state index >= 15 is 0 Å². The van der Waals surface area contributed by atoms with Crippen molar-refractivity contribution in [1.29, 1.82) is 0 Å². The van der Waals surface area contributed by atoms with Crippen LogP contribution in [0.1, 0.15) is 11.3 Å². The van der Waals surface area contributed by atoms with E-state index in [0.29, 0.717) is 0 Å². The molecule has 2 heterocycles. The van der Waals surface area contributed by atoms with Gasteiger partial charge < -0.3 is 4.74 Å². The van der Waals surface area contributed by atoms with E-state index in [4.69, 9.17) is 16.3 Å². The predicted octanol–water partition coefficient (Wildman–Crippen LogP) is 2.68. The maximum Gasteiger partial charge on any atom is 0.433 e. The summed E-state index contributed by atoms with van der Waals surface area (Å²) in [5.41, 5.74) is -2.83. The molecule has 0 aliphatic carbocycles. The summed E-state index contributed by atoms with van der Waals surface area (Å²) >= 11 is 5.87. The molecule has 0 unspecified atom stereocenters. The van der Waals surface area contributed by atoms with Crippen molar-refractivity contribution in [3.8, 4) is 5.75 Å². The van der Waals surface area contributed by atoms with Crippen LogP contribution in [0.15, 0.2) is 17.1 Å². The number of rotatable bonds is 1. The second-order valence-electron chi connectivity index (χ2n) is 3.78. The third-order valence-corrected chi connectivity index (χ3v) is 2.97. The van der Waals surface area contributed by atoms with E-state index in [1.807, 2.05) is 0 Å². The number of ether oxygens (including phenoxy) is 1. The van der Waals surface area contributed by atoms with Gasteiger partial charge in [-0.05, 0) is 13.0 Å². The van der Waals surface area contributed by atoms with Gasteiger partial charge in [-0.25, -0.2) is 4.98 Å². The van der Waals surface area contributed by atoms with E-state index in [9.17, 15) is 18.0 Å². The first-order valence-corrected chi connectivity index (χ1v) is 5.48. The highest BCUT2D eigenvalue weighted by molar-refractivity contribution is 6.34. The van der Waals surface area contributed by atoms with Gasteiger partial charge in [-0.2, -0.15) is 13.2 Å². The first-order valence-electron chi connectivity index (χ1n) is 5.10. The largest absolute Gasteiger partial charge is 0.495 e. The van der Waals surface area contributed by atoms with E-state index in [2.05, 4.69) is 4.98 Å². The van der Waals surface area contributed by atoms with Crippen molar-refractivity contribution >= 4 is 17.2 Å². The number of hydrogen-bond donors (Lipinski definition) is 0. The Labute approximate surface area is 110 Å². The lowest BCUT2D eigenvalue weighted by Gasteiger charge is -2.12. The van der Waals surface area contributed by atoms with Gasteiger partial charge in [0.15, 0.2) is 11.3 Å². The fourth-order valence-corrected chi connectivity index (χ4v) is 1.95. The van der Waals surface area contributed by atoms with E-state index < -0.39 is 23.0 Å². The number of hydrogen-bond acceptors (Lipinski definition) is 3. The fraction of sp³-hybridized carbons (Fsp3) is 0.273. The lowest BCUT2D eigenvalue weighted by atomic mass is 10.2. The van der Waals surface area contributed by atoms with Gasteiger partial charge >= 0.3 is 6.18 Å². The summed E-state index contributed by atoms with van der Waals surface area (Å²) in [7, 11) is 1.31. The molecule has 0 amide bonds. The maximum absolute atomic E-state index is 12.8. The molecule has 0 saturated carbocycles. The normalized spacial score (nSPS) is 11.9. The Morgan fingerprint density at radius 2 is 2.05 bits per heavy atom. The molecule has 19 heavy (non-hydrogen) atoms. The van der Waals surface area contributed by atoms with Crippen LogP contribution in [0.5, 0.6) is 5.75 Å². The Balaban J connectivity index is 2.94. The topological polar surface area (TPSA) is 43.6 Å². The minimum atomic E-state index is -4.72. The molecule has 0 atom stereocenters. The predicted molar refractivity (Wildman–Crippen MR) is 62.8 cm³/mol. The summed E-state index contributed by atoms with van der Waals surface area (Å²) < 4.78 is 44.2. The fourth-order valence-electron chi connectivity index (χ4n) is 1.67. The quantitative estimate of drug-likeness (QED) is 0.811. The smallest absolute Gasteiger partial charge is 0.433 e. The van der Waals surface area contributed by atoms with Crippen molar-refractivity contribution in [1.82, 2.24) is 9.38 Å². The molecular formula is C11H8ClF3N2O2. The summed E-state index contributed by atoms with van der Waals surface area (Å²) in [4.78, 5) is 15.3. The molecule has 0 saturated heterocycles. The number of methoxy groups -OCH3 is 1. The Kier molecular flexibility index (Phi) is 3.17. The van der Waals surface area contributed by atoms with E-state index in [1.54, 1.807) is 0 Å². The molecule has 0 aromatic carbocycles. The highest BCUT2D eigenvalue weighted by atomic mass is 35.5. The maximum atomic E-state index is 12.8. The second kappa shape index (κ2) is 4.41. The van der Waals surface area contributed by atoms with Gasteiger partial charge in [-0.15, -0.1) is 0 Å². The summed E-state index contributed by atoms with van der Waals surface area (Å²) in [6.07, 6.45) is -3.45. The van der Waals surface area contributed by atoms with Crippen LogP contribution in [0.25, 0.3) is 5.65 Å². The molecule has 0 spiro atoms. The molecule has 8 heteroatoms. The Bertz CT molecular complexity index is 710. The van der Waals surface area contributed by atoms with Crippen molar-refractivity contribution < 1.29 is 17.9 Å². The first-order chi connectivity index (χ1) is 8.77. The number of halogens is 4. The molecular weight excluding hydrogens is 285 g/mol. The van der Waals surface area contributed by atoms with Crippen molar-refractivity contribution in [3.63, 3.8) is 0 Å². The highest BCUT2D eigenvalue weighted by Crippen LogP contribution is 2.32. The molecule has 102 valence electrons. The van der Waals surface area contributed by atoms with E-state index in [-0.39, 0.29) is 16.4 Å². The summed E-state index contributed by atoms with van der Waals surface area (Å²) in [6.45, 7) is 1.07. The summed E-state index contributed by atoms with van der Waals surface area (Å²) in [5, 5.41) is -0.146. The van der Waals surface area contributed by atoms with Crippen LogP contribution >= 0.6 is 11.6 Å². The van der Waals surface area contributed by atoms with Gasteiger partial charge in [0.1, 0.15) is 10.8 Å². The first kappa shape index (κ1) is 13.7. The van der Waals surface area contributed by atoms with Gasteiger partial charge in [-0.1, -0.05) is 11.6 Å². The van der Waals surface area contributed by atoms with Crippen LogP contribution in [-0.2, 0) is 6.18 Å². The Hall–Kier alpha value is -1.76. The monoisotopic (exact) mass is 292 g/mol. The zero-order valence-electron chi connectivity index (χ0n) is 9.88. The third kappa shape index (κ3) is 2.14. The van der Waals surface area contributed by atoms with Crippen LogP contribution in [0.4, 0.5) is 13.2 Å². The summed E-state index contributed by atoms with van der Waals surface area (Å²) in [5.74, 6) is 0.144. The standard InChI is InChI=1S/C11H8ClF3N2O2/c1-5-8(11(13,14)15)16-9-7(12)6(19-2)3-4-17(9)10(5)18/h3-4H,1-2H3. The zero-order chi connectivity index (χ0) is 14.4. The van der Waals surface area contributed by atoms with Crippen LogP contribution in [0.3, 0.4) is 0 Å². The van der Waals surface area contributed by atoms with Crippen molar-refractivity contribution in [2.24, 2.45) is 0 Å². The van der Waals surface area contributed by atoms with E-state index in [1.165, 1.54) is 19.4 Å². The van der Waals surface area contributed by atoms with Gasteiger partial charge in [0.05, 0.1) is 7.11 Å². The lowest BCUT2D eigenvalue weighted by molar-refractivity contribution is -0.141. The van der Waals surface area contributed by atoms with Gasteiger partial charge in [0.2, 0.25) is 0 Å². The highest BCUT2D eigenvalue weighted by Gasteiger charge is 2.36. The average Bonchev–Trinajstić information content (AvgIpc) is 2.33. The summed E-state index contributed by atoms with van der Waals surface area (Å²) in [6, 6.07) is 1.38. The Morgan fingerprint density at radius 1 is 1.42 bits per heavy atom. The molecule has 0 bridgehead atoms. The molecule has 2 aromatic heterocycles. The van der Waals surface area contributed by atoms with Gasteiger partial charge in [-0.3, -0.25) is 9.20 Å². The van der Waals surface area contributed by atoms with Gasteiger partial charge in [0.25, 0.3) is 5.56 Å². The van der Waals surface area contributed by atoms with Crippen LogP contribution in [0.2, 0.25) is 5.02 Å². The molecule has 0 aliphatic heterocycles. The average molecular weight is 293 g/mol. The van der Waals surface area contributed by atoms with Crippen molar-refractivity contribution in [2.75, 3.05) is 7.11 Å². The third-order valence-electron chi connectivity index (χ3n) is 2.62. The number of fused-ring (bicyclic) bond motifs is 1. The van der Waals surface area contributed by atoms with Gasteiger partial charge in [0, 0.05) is 11.8 Å². The minimum absolute atomic E-state index is 0.144. The second-order valence-corrected chi connectivity index (χ2v) is 4.16. The molecule has 2 aromatic rings. The number of nitrogens with zero attached hydrogens (tertiary/aromatic N) is 2. The number of alkyl halides is 3. The number of aromatic nitrogens is 2. The van der Waals surface area contributed by atoms with E-state index in [0.717, 1.165) is 11.3 Å². The molecule has 0 aliphatic rings. The zero-order valence-corrected chi connectivity index (χ0v) is 10.6. The SMILES string of the molecule is COc1ccn2c(=O)c(C)c(C(F)(F)F)nc2c1Cl. The molecule has 4 nitrogen and oxygen atoms in total. The molecule has 0 fully saturated rings.